The highest BCUT2D eigenvalue weighted by Crippen LogP contribution is 2.37. The summed E-state index contributed by atoms with van der Waals surface area (Å²) in [6, 6.07) is 17.7. The van der Waals surface area contributed by atoms with E-state index in [4.69, 9.17) is 28.2 Å². The van der Waals surface area contributed by atoms with Gasteiger partial charge in [0.2, 0.25) is 0 Å². The first-order valence-corrected chi connectivity index (χ1v) is 11.5. The van der Waals surface area contributed by atoms with Gasteiger partial charge in [0.25, 0.3) is 5.91 Å². The molecule has 0 bridgehead atoms. The van der Waals surface area contributed by atoms with Crippen molar-refractivity contribution in [3.63, 3.8) is 0 Å². The third kappa shape index (κ3) is 4.19. The molecule has 0 unspecified atom stereocenters. The number of thiazole rings is 1. The molecule has 29 heavy (non-hydrogen) atoms. The quantitative estimate of drug-likeness (QED) is 0.306. The highest BCUT2D eigenvalue weighted by Gasteiger charge is 2.25. The van der Waals surface area contributed by atoms with Gasteiger partial charge in [-0.2, -0.15) is 0 Å². The van der Waals surface area contributed by atoms with Crippen molar-refractivity contribution in [2.75, 3.05) is 4.90 Å². The van der Waals surface area contributed by atoms with Crippen molar-refractivity contribution in [1.82, 2.24) is 4.98 Å². The van der Waals surface area contributed by atoms with Crippen LogP contribution < -0.4 is 4.90 Å². The van der Waals surface area contributed by atoms with Crippen LogP contribution in [-0.4, -0.2) is 10.9 Å². The fourth-order valence-electron chi connectivity index (χ4n) is 3.16. The van der Waals surface area contributed by atoms with Crippen molar-refractivity contribution in [3.8, 4) is 0 Å². The molecular weight excluding hydrogens is 443 g/mol. The summed E-state index contributed by atoms with van der Waals surface area (Å²) in [6.07, 6.45) is 0. The second kappa shape index (κ2) is 8.44. The molecule has 2 aromatic heterocycles. The average molecular weight is 461 g/mol. The third-order valence-corrected chi connectivity index (χ3v) is 7.14. The molecule has 7 heteroatoms. The first-order valence-electron chi connectivity index (χ1n) is 9.14. The van der Waals surface area contributed by atoms with E-state index in [0.29, 0.717) is 31.8 Å². The highest BCUT2D eigenvalue weighted by atomic mass is 35.5. The Morgan fingerprint density at radius 1 is 1.07 bits per heavy atom. The Labute approximate surface area is 187 Å². The lowest BCUT2D eigenvalue weighted by Gasteiger charge is -2.20. The van der Waals surface area contributed by atoms with Crippen LogP contribution in [-0.2, 0) is 6.54 Å². The van der Waals surface area contributed by atoms with Crippen LogP contribution in [0.2, 0.25) is 8.67 Å². The second-order valence-corrected chi connectivity index (χ2v) is 10.3. The summed E-state index contributed by atoms with van der Waals surface area (Å²) in [5, 5.41) is 0.653. The Hall–Kier alpha value is -1.92. The zero-order chi connectivity index (χ0) is 20.5. The zero-order valence-electron chi connectivity index (χ0n) is 15.9. The Balaban J connectivity index is 1.82. The van der Waals surface area contributed by atoms with Gasteiger partial charge in [-0.25, -0.2) is 4.98 Å². The molecule has 0 fully saturated rings. The maximum Gasteiger partial charge on any atom is 0.262 e. The van der Waals surface area contributed by atoms with Gasteiger partial charge in [-0.3, -0.25) is 9.69 Å². The lowest BCUT2D eigenvalue weighted by molar-refractivity contribution is 0.0985. The number of rotatable bonds is 5. The number of carbonyl (C=O) groups excluding carboxylic acids is 1. The minimum absolute atomic E-state index is 0.202. The summed E-state index contributed by atoms with van der Waals surface area (Å²) in [5.41, 5.74) is 3.54. The average Bonchev–Trinajstić information content (AvgIpc) is 3.28. The monoisotopic (exact) mass is 460 g/mol. The Bertz CT molecular complexity index is 1170. The number of nitrogens with zero attached hydrogens (tertiary/aromatic N) is 2. The zero-order valence-corrected chi connectivity index (χ0v) is 19.0. The smallest absolute Gasteiger partial charge is 0.262 e. The number of amides is 1. The number of para-hydroxylation sites is 1. The molecule has 4 aromatic rings. The molecule has 0 radical (unpaired) electrons. The van der Waals surface area contributed by atoms with E-state index in [0.717, 1.165) is 15.8 Å². The van der Waals surface area contributed by atoms with Crippen LogP contribution in [0.25, 0.3) is 10.2 Å². The lowest BCUT2D eigenvalue weighted by Crippen LogP contribution is -2.30. The van der Waals surface area contributed by atoms with Gasteiger partial charge >= 0.3 is 0 Å². The van der Waals surface area contributed by atoms with E-state index in [1.165, 1.54) is 28.2 Å². The van der Waals surface area contributed by atoms with E-state index in [1.807, 2.05) is 42.5 Å². The molecular formula is C22H18Cl2N2OS2. The first-order chi connectivity index (χ1) is 13.9. The molecule has 2 heterocycles. The van der Waals surface area contributed by atoms with Crippen molar-refractivity contribution in [2.45, 2.75) is 26.3 Å². The Morgan fingerprint density at radius 2 is 1.83 bits per heavy atom. The van der Waals surface area contributed by atoms with Crippen LogP contribution in [0.15, 0.2) is 54.6 Å². The maximum absolute atomic E-state index is 13.4. The molecule has 0 N–H and O–H groups in total. The lowest BCUT2D eigenvalue weighted by atomic mass is 10.0. The summed E-state index contributed by atoms with van der Waals surface area (Å²) in [5.74, 6) is 0.143. The highest BCUT2D eigenvalue weighted by molar-refractivity contribution is 7.22. The minimum atomic E-state index is -0.202. The molecule has 3 nitrogen and oxygen atoms in total. The minimum Gasteiger partial charge on any atom is -0.279 e. The normalized spacial score (nSPS) is 11.3. The van der Waals surface area contributed by atoms with Crippen LogP contribution in [0.5, 0.6) is 0 Å². The van der Waals surface area contributed by atoms with Gasteiger partial charge in [0.15, 0.2) is 5.13 Å². The number of anilines is 1. The standard InChI is InChI=1S/C22H18Cl2N2OS2/c1-13(2)15-9-6-10-17-19(15)25-22(28-17)26(12-14-7-4-3-5-8-14)21(27)16-11-18(23)29-20(16)24/h3-11,13H,12H2,1-2H3. The predicted molar refractivity (Wildman–Crippen MR) is 125 cm³/mol. The van der Waals surface area contributed by atoms with Gasteiger partial charge in [0.1, 0.15) is 4.34 Å². The number of carbonyl (C=O) groups is 1. The topological polar surface area (TPSA) is 33.2 Å². The fourth-order valence-corrected chi connectivity index (χ4v) is 5.61. The van der Waals surface area contributed by atoms with Crippen molar-refractivity contribution in [1.29, 1.82) is 0 Å². The number of hydrogen-bond acceptors (Lipinski definition) is 4. The number of halogens is 2. The van der Waals surface area contributed by atoms with Crippen molar-refractivity contribution in [2.24, 2.45) is 0 Å². The number of thiophene rings is 1. The van der Waals surface area contributed by atoms with Crippen LogP contribution in [0.1, 0.15) is 41.3 Å². The summed E-state index contributed by atoms with van der Waals surface area (Å²) in [6.45, 7) is 4.70. The largest absolute Gasteiger partial charge is 0.279 e. The molecule has 0 aliphatic heterocycles. The number of fused-ring (bicyclic) bond motifs is 1. The van der Waals surface area contributed by atoms with Crippen molar-refractivity contribution in [3.05, 3.63) is 80.0 Å². The molecule has 2 aromatic carbocycles. The van der Waals surface area contributed by atoms with Crippen LogP contribution in [0, 0.1) is 0 Å². The van der Waals surface area contributed by atoms with Crippen LogP contribution in [0.4, 0.5) is 5.13 Å². The number of benzene rings is 2. The fraction of sp³-hybridized carbons (Fsp3) is 0.182. The van der Waals surface area contributed by atoms with Crippen molar-refractivity contribution < 1.29 is 4.79 Å². The Morgan fingerprint density at radius 3 is 2.48 bits per heavy atom. The number of aromatic nitrogens is 1. The summed E-state index contributed by atoms with van der Waals surface area (Å²) >= 11 is 15.1. The molecule has 0 atom stereocenters. The number of hydrogen-bond donors (Lipinski definition) is 0. The van der Waals surface area contributed by atoms with Crippen LogP contribution in [0.3, 0.4) is 0 Å². The van der Waals surface area contributed by atoms with E-state index in [1.54, 1.807) is 11.0 Å². The Kier molecular flexibility index (Phi) is 5.93. The molecule has 1 amide bonds. The van der Waals surface area contributed by atoms with E-state index in [9.17, 15) is 4.79 Å². The van der Waals surface area contributed by atoms with E-state index in [-0.39, 0.29) is 5.91 Å². The second-order valence-electron chi connectivity index (χ2n) is 6.96. The van der Waals surface area contributed by atoms with Gasteiger partial charge in [-0.15, -0.1) is 11.3 Å². The van der Waals surface area contributed by atoms with E-state index < -0.39 is 0 Å². The SMILES string of the molecule is CC(C)c1cccc2sc(N(Cc3ccccc3)C(=O)c3cc(Cl)sc3Cl)nc12. The molecule has 4 rings (SSSR count). The summed E-state index contributed by atoms with van der Waals surface area (Å²) in [4.78, 5) is 20.0. The van der Waals surface area contributed by atoms with Crippen LogP contribution >= 0.6 is 45.9 Å². The molecule has 0 saturated heterocycles. The molecule has 148 valence electrons. The molecule has 0 saturated carbocycles. The summed E-state index contributed by atoms with van der Waals surface area (Å²) in [7, 11) is 0. The summed E-state index contributed by atoms with van der Waals surface area (Å²) < 4.78 is 1.94. The molecule has 0 spiro atoms. The van der Waals surface area contributed by atoms with Gasteiger partial charge in [-0.1, -0.05) is 90.9 Å². The first kappa shape index (κ1) is 20.4. The van der Waals surface area contributed by atoms with Crippen molar-refractivity contribution >= 4 is 67.1 Å². The molecule has 0 aliphatic rings. The van der Waals surface area contributed by atoms with E-state index >= 15 is 0 Å². The molecule has 0 aliphatic carbocycles. The van der Waals surface area contributed by atoms with Gasteiger partial charge in [0, 0.05) is 0 Å². The van der Waals surface area contributed by atoms with Gasteiger partial charge < -0.3 is 0 Å². The third-order valence-electron chi connectivity index (χ3n) is 4.61. The van der Waals surface area contributed by atoms with Gasteiger partial charge in [0.05, 0.1) is 26.7 Å². The predicted octanol–water partition coefficient (Wildman–Crippen LogP) is 7.64. The van der Waals surface area contributed by atoms with Gasteiger partial charge in [-0.05, 0) is 29.2 Å². The van der Waals surface area contributed by atoms with E-state index in [2.05, 4.69) is 19.9 Å². The maximum atomic E-state index is 13.4.